The minimum absolute atomic E-state index is 0.118. The average molecular weight is 377 g/mol. The second-order valence-electron chi connectivity index (χ2n) is 6.75. The van der Waals surface area contributed by atoms with Crippen molar-refractivity contribution in [2.75, 3.05) is 13.7 Å². The number of hydrogen-bond donors (Lipinski definition) is 1. The lowest BCUT2D eigenvalue weighted by Gasteiger charge is -2.28. The van der Waals surface area contributed by atoms with Gasteiger partial charge in [-0.2, -0.15) is 0 Å². The van der Waals surface area contributed by atoms with Gasteiger partial charge in [-0.3, -0.25) is 4.79 Å². The SMILES string of the molecule is C=C1CC(COc2ccc3ccc(=O)[nH]c3c2)(c2ccc(OC)cc2)OC1=O. The Bertz CT molecular complexity index is 1100. The van der Waals surface area contributed by atoms with Crippen LogP contribution in [0, 0.1) is 0 Å². The third-order valence-corrected chi connectivity index (χ3v) is 4.86. The zero-order chi connectivity index (χ0) is 19.7. The summed E-state index contributed by atoms with van der Waals surface area (Å²) in [6.45, 7) is 3.92. The van der Waals surface area contributed by atoms with Crippen LogP contribution in [-0.2, 0) is 15.1 Å². The summed E-state index contributed by atoms with van der Waals surface area (Å²) in [5.41, 5.74) is 0.743. The summed E-state index contributed by atoms with van der Waals surface area (Å²) in [7, 11) is 1.59. The Kier molecular flexibility index (Phi) is 4.39. The molecule has 0 aliphatic carbocycles. The van der Waals surface area contributed by atoms with Gasteiger partial charge in [0.05, 0.1) is 12.6 Å². The lowest BCUT2D eigenvalue weighted by atomic mass is 9.90. The van der Waals surface area contributed by atoms with Gasteiger partial charge in [0.25, 0.3) is 0 Å². The van der Waals surface area contributed by atoms with E-state index in [4.69, 9.17) is 14.2 Å². The highest BCUT2D eigenvalue weighted by Crippen LogP contribution is 2.40. The fraction of sp³-hybridized carbons (Fsp3) is 0.182. The summed E-state index contributed by atoms with van der Waals surface area (Å²) < 4.78 is 16.9. The predicted molar refractivity (Wildman–Crippen MR) is 105 cm³/mol. The molecule has 0 radical (unpaired) electrons. The highest BCUT2D eigenvalue weighted by molar-refractivity contribution is 5.90. The first-order valence-corrected chi connectivity index (χ1v) is 8.81. The number of esters is 1. The van der Waals surface area contributed by atoms with Crippen LogP contribution in [0.4, 0.5) is 0 Å². The number of carbonyl (C=O) groups excluding carboxylic acids is 1. The molecule has 1 fully saturated rings. The van der Waals surface area contributed by atoms with Gasteiger partial charge in [0, 0.05) is 24.1 Å². The Morgan fingerprint density at radius 3 is 2.46 bits per heavy atom. The van der Waals surface area contributed by atoms with Crippen LogP contribution in [0.15, 0.2) is 71.5 Å². The van der Waals surface area contributed by atoms with Crippen molar-refractivity contribution in [2.45, 2.75) is 12.0 Å². The van der Waals surface area contributed by atoms with E-state index in [1.165, 1.54) is 6.07 Å². The van der Waals surface area contributed by atoms with E-state index in [2.05, 4.69) is 11.6 Å². The van der Waals surface area contributed by atoms with Gasteiger partial charge < -0.3 is 19.2 Å². The molecule has 1 aromatic heterocycles. The number of pyridine rings is 1. The first-order valence-electron chi connectivity index (χ1n) is 8.81. The minimum Gasteiger partial charge on any atom is -0.497 e. The number of aromatic nitrogens is 1. The van der Waals surface area contributed by atoms with E-state index >= 15 is 0 Å². The number of cyclic esters (lactones) is 1. The summed E-state index contributed by atoms with van der Waals surface area (Å²) in [4.78, 5) is 26.4. The highest BCUT2D eigenvalue weighted by atomic mass is 16.6. The average Bonchev–Trinajstić information content (AvgIpc) is 3.01. The molecule has 1 aliphatic heterocycles. The molecular formula is C22H19NO5. The van der Waals surface area contributed by atoms with Crippen LogP contribution in [0.25, 0.3) is 10.9 Å². The van der Waals surface area contributed by atoms with Crippen molar-refractivity contribution < 1.29 is 19.0 Å². The third kappa shape index (κ3) is 3.24. The second-order valence-corrected chi connectivity index (χ2v) is 6.75. The molecule has 2 aromatic carbocycles. The molecule has 142 valence electrons. The number of fused-ring (bicyclic) bond motifs is 1. The lowest BCUT2D eigenvalue weighted by molar-refractivity contribution is -0.150. The quantitative estimate of drug-likeness (QED) is 0.545. The monoisotopic (exact) mass is 377 g/mol. The molecule has 0 saturated carbocycles. The van der Waals surface area contributed by atoms with E-state index in [-0.39, 0.29) is 12.2 Å². The van der Waals surface area contributed by atoms with Gasteiger partial charge in [-0.15, -0.1) is 0 Å². The summed E-state index contributed by atoms with van der Waals surface area (Å²) >= 11 is 0. The summed E-state index contributed by atoms with van der Waals surface area (Å²) in [5.74, 6) is 0.847. The Balaban J connectivity index is 1.64. The first kappa shape index (κ1) is 17.9. The molecule has 6 nitrogen and oxygen atoms in total. The van der Waals surface area contributed by atoms with Crippen LogP contribution in [0.5, 0.6) is 11.5 Å². The maximum Gasteiger partial charge on any atom is 0.334 e. The predicted octanol–water partition coefficient (Wildman–Crippen LogP) is 3.31. The summed E-state index contributed by atoms with van der Waals surface area (Å²) in [6, 6.07) is 16.0. The van der Waals surface area contributed by atoms with Crippen molar-refractivity contribution in [3.8, 4) is 11.5 Å². The number of carbonyl (C=O) groups is 1. The Morgan fingerprint density at radius 1 is 1.07 bits per heavy atom. The Morgan fingerprint density at radius 2 is 1.79 bits per heavy atom. The number of hydrogen-bond acceptors (Lipinski definition) is 5. The molecule has 4 rings (SSSR count). The maximum absolute atomic E-state index is 12.1. The second kappa shape index (κ2) is 6.88. The van der Waals surface area contributed by atoms with Crippen LogP contribution >= 0.6 is 0 Å². The Labute approximate surface area is 161 Å². The fourth-order valence-corrected chi connectivity index (χ4v) is 3.34. The standard InChI is InChI=1S/C22H19NO5/c1-14-12-22(28-21(14)25,16-5-8-17(26-2)9-6-16)13-27-18-7-3-15-4-10-20(24)23-19(15)11-18/h3-11H,1,12-13H2,2H3,(H,23,24). The third-order valence-electron chi connectivity index (χ3n) is 4.86. The molecule has 1 aliphatic rings. The molecule has 0 bridgehead atoms. The number of aromatic amines is 1. The number of nitrogens with one attached hydrogen (secondary N) is 1. The molecule has 1 unspecified atom stereocenters. The van der Waals surface area contributed by atoms with Gasteiger partial charge in [-0.25, -0.2) is 4.79 Å². The van der Waals surface area contributed by atoms with Gasteiger partial charge in [-0.1, -0.05) is 18.7 Å². The molecule has 0 spiro atoms. The number of rotatable bonds is 5. The molecule has 0 amide bonds. The van der Waals surface area contributed by atoms with Crippen molar-refractivity contribution in [3.05, 3.63) is 82.7 Å². The van der Waals surface area contributed by atoms with Crippen LogP contribution in [0.2, 0.25) is 0 Å². The number of H-pyrrole nitrogens is 1. The van der Waals surface area contributed by atoms with Gasteiger partial charge in [0.15, 0.2) is 5.60 Å². The molecule has 1 N–H and O–H groups in total. The van der Waals surface area contributed by atoms with Crippen molar-refractivity contribution in [3.63, 3.8) is 0 Å². The van der Waals surface area contributed by atoms with E-state index in [9.17, 15) is 9.59 Å². The fourth-order valence-electron chi connectivity index (χ4n) is 3.34. The molecule has 1 saturated heterocycles. The molecule has 3 aromatic rings. The molecular weight excluding hydrogens is 358 g/mol. The van der Waals surface area contributed by atoms with Crippen LogP contribution in [0.1, 0.15) is 12.0 Å². The Hall–Kier alpha value is -3.54. The van der Waals surface area contributed by atoms with Gasteiger partial charge >= 0.3 is 5.97 Å². The smallest absolute Gasteiger partial charge is 0.334 e. The van der Waals surface area contributed by atoms with Crippen molar-refractivity contribution in [2.24, 2.45) is 0 Å². The summed E-state index contributed by atoms with van der Waals surface area (Å²) in [5, 5.41) is 0.900. The van der Waals surface area contributed by atoms with E-state index in [1.54, 1.807) is 19.2 Å². The van der Waals surface area contributed by atoms with Crippen molar-refractivity contribution in [1.29, 1.82) is 0 Å². The first-order chi connectivity index (χ1) is 13.5. The number of methoxy groups -OCH3 is 1. The van der Waals surface area contributed by atoms with Crippen LogP contribution < -0.4 is 15.0 Å². The molecule has 1 atom stereocenters. The van der Waals surface area contributed by atoms with Crippen LogP contribution in [0.3, 0.4) is 0 Å². The highest BCUT2D eigenvalue weighted by Gasteiger charge is 2.45. The van der Waals surface area contributed by atoms with E-state index in [0.29, 0.717) is 29.0 Å². The van der Waals surface area contributed by atoms with Crippen molar-refractivity contribution in [1.82, 2.24) is 4.98 Å². The van der Waals surface area contributed by atoms with Gasteiger partial charge in [0.1, 0.15) is 18.1 Å². The lowest BCUT2D eigenvalue weighted by Crippen LogP contribution is -2.33. The number of benzene rings is 2. The van der Waals surface area contributed by atoms with E-state index in [0.717, 1.165) is 10.9 Å². The van der Waals surface area contributed by atoms with Gasteiger partial charge in [0.2, 0.25) is 5.56 Å². The topological polar surface area (TPSA) is 77.6 Å². The van der Waals surface area contributed by atoms with E-state index in [1.807, 2.05) is 36.4 Å². The molecule has 28 heavy (non-hydrogen) atoms. The van der Waals surface area contributed by atoms with Crippen molar-refractivity contribution >= 4 is 16.9 Å². The maximum atomic E-state index is 12.1. The van der Waals surface area contributed by atoms with Gasteiger partial charge in [-0.05, 0) is 41.3 Å². The summed E-state index contributed by atoms with van der Waals surface area (Å²) in [6.07, 6.45) is 0.336. The normalized spacial score (nSPS) is 18.9. The molecule has 2 heterocycles. The zero-order valence-electron chi connectivity index (χ0n) is 15.4. The van der Waals surface area contributed by atoms with Crippen LogP contribution in [-0.4, -0.2) is 24.7 Å². The molecule has 6 heteroatoms. The largest absolute Gasteiger partial charge is 0.497 e. The number of ether oxygens (including phenoxy) is 3. The minimum atomic E-state index is -0.959. The van der Waals surface area contributed by atoms with E-state index < -0.39 is 11.6 Å². The zero-order valence-corrected chi connectivity index (χ0v) is 15.4.